The molecule has 0 bridgehead atoms. The molecule has 37 heavy (non-hydrogen) atoms. The highest BCUT2D eigenvalue weighted by Crippen LogP contribution is 2.37. The fourth-order valence-electron chi connectivity index (χ4n) is 5.18. The van der Waals surface area contributed by atoms with Crippen molar-refractivity contribution in [2.75, 3.05) is 24.5 Å². The second-order valence-electron chi connectivity index (χ2n) is 9.44. The minimum Gasteiger partial charge on any atom is -0.370 e. The summed E-state index contributed by atoms with van der Waals surface area (Å²) in [6.45, 7) is 6.63. The van der Waals surface area contributed by atoms with E-state index in [0.29, 0.717) is 19.6 Å². The molecule has 7 heteroatoms. The number of carbonyl (C=O) groups excluding carboxylic acids is 2. The van der Waals surface area contributed by atoms with E-state index in [9.17, 15) is 9.59 Å². The van der Waals surface area contributed by atoms with Crippen molar-refractivity contribution in [2.24, 2.45) is 0 Å². The molecular formula is C30H33N5O2. The Morgan fingerprint density at radius 1 is 0.973 bits per heavy atom. The maximum atomic E-state index is 13.9. The molecule has 7 nitrogen and oxygen atoms in total. The first-order chi connectivity index (χ1) is 18.1. The Bertz CT molecular complexity index is 1370. The molecule has 0 aliphatic carbocycles. The molecule has 2 amide bonds. The molecule has 2 atom stereocenters. The quantitative estimate of drug-likeness (QED) is 0.365. The predicted molar refractivity (Wildman–Crippen MR) is 146 cm³/mol. The Hall–Kier alpha value is -4.13. The number of fused-ring (bicyclic) bond motifs is 3. The summed E-state index contributed by atoms with van der Waals surface area (Å²) in [5, 5.41) is 3.05. The molecule has 0 fully saturated rings. The number of nitrogens with one attached hydrogen (secondary N) is 1. The second-order valence-corrected chi connectivity index (χ2v) is 9.44. The molecule has 1 aliphatic rings. The number of benzene rings is 3. The molecule has 4 aromatic rings. The van der Waals surface area contributed by atoms with Gasteiger partial charge in [0.25, 0.3) is 0 Å². The van der Waals surface area contributed by atoms with Crippen LogP contribution in [0.25, 0.3) is 11.0 Å². The van der Waals surface area contributed by atoms with Gasteiger partial charge in [0, 0.05) is 31.9 Å². The SMILES string of the molecule is CCN(CCNC(=O)C[C@@H]1C(=O)N(Cc2ccccc2)[C@H](C)c2nc3ccccc3n21)c1ccccc1. The van der Waals surface area contributed by atoms with E-state index in [1.165, 1.54) is 0 Å². The van der Waals surface area contributed by atoms with Crippen LogP contribution in [0, 0.1) is 0 Å². The molecule has 1 aliphatic heterocycles. The van der Waals surface area contributed by atoms with E-state index >= 15 is 0 Å². The van der Waals surface area contributed by atoms with Crippen LogP contribution in [0.1, 0.15) is 43.7 Å². The Morgan fingerprint density at radius 2 is 1.65 bits per heavy atom. The minimum atomic E-state index is -0.640. The lowest BCUT2D eigenvalue weighted by molar-refractivity contribution is -0.142. The molecule has 190 valence electrons. The van der Waals surface area contributed by atoms with Crippen LogP contribution < -0.4 is 10.2 Å². The molecule has 3 aromatic carbocycles. The van der Waals surface area contributed by atoms with Gasteiger partial charge in [0.2, 0.25) is 11.8 Å². The van der Waals surface area contributed by atoms with Crippen LogP contribution in [0.2, 0.25) is 0 Å². The number of hydrogen-bond donors (Lipinski definition) is 1. The molecule has 5 rings (SSSR count). The van der Waals surface area contributed by atoms with E-state index in [0.717, 1.165) is 34.7 Å². The maximum Gasteiger partial charge on any atom is 0.247 e. The van der Waals surface area contributed by atoms with Crippen LogP contribution in [-0.4, -0.2) is 45.9 Å². The van der Waals surface area contributed by atoms with Crippen molar-refractivity contribution in [3.8, 4) is 0 Å². The number of nitrogens with zero attached hydrogens (tertiary/aromatic N) is 4. The zero-order valence-corrected chi connectivity index (χ0v) is 21.4. The second kappa shape index (κ2) is 10.9. The van der Waals surface area contributed by atoms with Gasteiger partial charge >= 0.3 is 0 Å². The fraction of sp³-hybridized carbons (Fsp3) is 0.300. The molecule has 1 N–H and O–H groups in total. The lowest BCUT2D eigenvalue weighted by atomic mass is 10.0. The van der Waals surface area contributed by atoms with Gasteiger partial charge in [-0.15, -0.1) is 0 Å². The Morgan fingerprint density at radius 3 is 2.38 bits per heavy atom. The molecule has 0 unspecified atom stereocenters. The fourth-order valence-corrected chi connectivity index (χ4v) is 5.18. The third-order valence-electron chi connectivity index (χ3n) is 7.13. The third kappa shape index (κ3) is 5.07. The summed E-state index contributed by atoms with van der Waals surface area (Å²) in [6.07, 6.45) is 0.0711. The largest absolute Gasteiger partial charge is 0.370 e. The zero-order valence-electron chi connectivity index (χ0n) is 21.4. The van der Waals surface area contributed by atoms with Gasteiger partial charge in [-0.25, -0.2) is 4.98 Å². The predicted octanol–water partition coefficient (Wildman–Crippen LogP) is 4.71. The number of para-hydroxylation sites is 3. The van der Waals surface area contributed by atoms with Gasteiger partial charge in [-0.3, -0.25) is 9.59 Å². The number of carbonyl (C=O) groups is 2. The van der Waals surface area contributed by atoms with E-state index in [1.807, 2.05) is 89.2 Å². The number of hydrogen-bond acceptors (Lipinski definition) is 4. The van der Waals surface area contributed by atoms with Gasteiger partial charge < -0.3 is 19.7 Å². The number of imidazole rings is 1. The van der Waals surface area contributed by atoms with Gasteiger partial charge in [0.15, 0.2) is 0 Å². The van der Waals surface area contributed by atoms with E-state index in [4.69, 9.17) is 4.98 Å². The van der Waals surface area contributed by atoms with Crippen molar-refractivity contribution in [1.82, 2.24) is 19.8 Å². The number of rotatable bonds is 9. The molecule has 0 spiro atoms. The van der Waals surface area contributed by atoms with Crippen LogP contribution >= 0.6 is 0 Å². The lowest BCUT2D eigenvalue weighted by Crippen LogP contribution is -2.46. The Kier molecular flexibility index (Phi) is 7.21. The lowest BCUT2D eigenvalue weighted by Gasteiger charge is -2.38. The van der Waals surface area contributed by atoms with Crippen LogP contribution in [-0.2, 0) is 16.1 Å². The van der Waals surface area contributed by atoms with Crippen molar-refractivity contribution in [1.29, 1.82) is 0 Å². The molecule has 2 heterocycles. The summed E-state index contributed by atoms with van der Waals surface area (Å²) in [6, 6.07) is 27.1. The summed E-state index contributed by atoms with van der Waals surface area (Å²) in [7, 11) is 0. The van der Waals surface area contributed by atoms with E-state index in [2.05, 4.69) is 29.3 Å². The molecule has 0 saturated heterocycles. The highest BCUT2D eigenvalue weighted by Gasteiger charge is 2.40. The van der Waals surface area contributed by atoms with Crippen LogP contribution in [0.4, 0.5) is 5.69 Å². The van der Waals surface area contributed by atoms with Crippen LogP contribution in [0.3, 0.4) is 0 Å². The zero-order chi connectivity index (χ0) is 25.8. The number of anilines is 1. The number of aromatic nitrogens is 2. The van der Waals surface area contributed by atoms with Gasteiger partial charge in [-0.1, -0.05) is 60.7 Å². The van der Waals surface area contributed by atoms with Crippen molar-refractivity contribution < 1.29 is 9.59 Å². The molecule has 1 aromatic heterocycles. The van der Waals surface area contributed by atoms with Crippen molar-refractivity contribution in [3.63, 3.8) is 0 Å². The van der Waals surface area contributed by atoms with Crippen LogP contribution in [0.15, 0.2) is 84.9 Å². The molecular weight excluding hydrogens is 462 g/mol. The van der Waals surface area contributed by atoms with Crippen molar-refractivity contribution in [2.45, 2.75) is 38.9 Å². The first kappa shape index (κ1) is 24.6. The van der Waals surface area contributed by atoms with Crippen molar-refractivity contribution >= 4 is 28.5 Å². The third-order valence-corrected chi connectivity index (χ3v) is 7.13. The van der Waals surface area contributed by atoms with Gasteiger partial charge in [-0.05, 0) is 43.7 Å². The van der Waals surface area contributed by atoms with Gasteiger partial charge in [-0.2, -0.15) is 0 Å². The van der Waals surface area contributed by atoms with E-state index in [1.54, 1.807) is 0 Å². The normalized spacial score (nSPS) is 17.0. The van der Waals surface area contributed by atoms with Gasteiger partial charge in [0.1, 0.15) is 11.9 Å². The summed E-state index contributed by atoms with van der Waals surface area (Å²) < 4.78 is 1.98. The first-order valence-corrected chi connectivity index (χ1v) is 12.9. The summed E-state index contributed by atoms with van der Waals surface area (Å²) in [4.78, 5) is 36.0. The average molecular weight is 496 g/mol. The Balaban J connectivity index is 1.35. The van der Waals surface area contributed by atoms with Crippen molar-refractivity contribution in [3.05, 3.63) is 96.3 Å². The number of amides is 2. The minimum absolute atomic E-state index is 0.0540. The maximum absolute atomic E-state index is 13.9. The smallest absolute Gasteiger partial charge is 0.247 e. The monoisotopic (exact) mass is 495 g/mol. The standard InChI is InChI=1S/C30H33N5O2/c1-3-33(24-14-8-5-9-15-24)19-18-31-28(36)20-27-30(37)34(21-23-12-6-4-7-13-23)22(2)29-32-25-16-10-11-17-26(25)35(27)29/h4-17,22,27H,3,18-21H2,1-2H3,(H,31,36)/t22-,27-/m1/s1. The highest BCUT2D eigenvalue weighted by molar-refractivity contribution is 5.90. The van der Waals surface area contributed by atoms with Crippen LogP contribution in [0.5, 0.6) is 0 Å². The van der Waals surface area contributed by atoms with Gasteiger partial charge in [0.05, 0.1) is 23.5 Å². The Labute approximate surface area is 217 Å². The molecule has 0 radical (unpaired) electrons. The highest BCUT2D eigenvalue weighted by atomic mass is 16.2. The van der Waals surface area contributed by atoms with E-state index in [-0.39, 0.29) is 24.3 Å². The topological polar surface area (TPSA) is 70.5 Å². The van der Waals surface area contributed by atoms with E-state index < -0.39 is 6.04 Å². The summed E-state index contributed by atoms with van der Waals surface area (Å²) in [5.41, 5.74) is 3.90. The summed E-state index contributed by atoms with van der Waals surface area (Å²) in [5.74, 6) is 0.623. The molecule has 0 saturated carbocycles. The average Bonchev–Trinajstić information content (AvgIpc) is 3.32. The summed E-state index contributed by atoms with van der Waals surface area (Å²) >= 11 is 0. The first-order valence-electron chi connectivity index (χ1n) is 12.9. The number of likely N-dealkylation sites (N-methyl/N-ethyl adjacent to an activating group) is 1.